The monoisotopic (exact) mass is 746 g/mol. The van der Waals surface area contributed by atoms with Gasteiger partial charge in [0.15, 0.2) is 5.78 Å². The van der Waals surface area contributed by atoms with Crippen LogP contribution >= 0.6 is 11.6 Å². The molecule has 0 radical (unpaired) electrons. The van der Waals surface area contributed by atoms with E-state index in [1.54, 1.807) is 18.2 Å². The number of benzene rings is 2. The second kappa shape index (κ2) is 16.1. The maximum Gasteiger partial charge on any atom is 0.249 e. The number of Topliss-reactive ketones (excluding diaryl/α,β-unsaturated/α-hetero) is 1. The number of hydrogen-bond donors (Lipinski definition) is 1. The standard InChI is InChI=1S/C40H47ClN4O6.2CH4/c1-38(2)32(39(3,4)36(38)51-28-13-12-27(24-42)29(41)21-28)22-31(46)26-10-8-25(9-11-26)7-5-6-18-44-19-16-40(17-20-44)23-34(48)45(37(40)50)30-14-15-33(47)43-35(30)49;;/h8-13,21,30,32,36H,5-7,14-20,22-23H2,1-4H3,(H,43,47,49);2*1H4. The van der Waals surface area contributed by atoms with Gasteiger partial charge in [0.05, 0.1) is 16.0 Å². The minimum absolute atomic E-state index is 0. The SMILES string of the molecule is C.C.CC1(C)C(CC(=O)c2ccc(CCCCN3CCC4(CC3)CC(=O)N(C3CCC(=O)NC3=O)C4=O)cc2)C(C)(C)C1Oc1ccc(C#N)c(Cl)c1. The number of piperidine rings is 2. The highest BCUT2D eigenvalue weighted by atomic mass is 35.5. The number of ether oxygens (including phenoxy) is 1. The molecule has 1 spiro atoms. The molecular formula is C42H55ClN4O6. The molecule has 4 amide bonds. The summed E-state index contributed by atoms with van der Waals surface area (Å²) in [6, 6.07) is 14.3. The molecule has 1 N–H and O–H groups in total. The van der Waals surface area contributed by atoms with Crippen LogP contribution in [0.5, 0.6) is 5.75 Å². The predicted octanol–water partition coefficient (Wildman–Crippen LogP) is 7.16. The molecule has 10 nitrogen and oxygen atoms in total. The number of nitriles is 1. The number of ketones is 1. The van der Waals surface area contributed by atoms with Gasteiger partial charge in [0.25, 0.3) is 0 Å². The zero-order chi connectivity index (χ0) is 36.7. The van der Waals surface area contributed by atoms with Gasteiger partial charge in [-0.05, 0) is 81.8 Å². The molecule has 1 atom stereocenters. The van der Waals surface area contributed by atoms with Crippen molar-refractivity contribution in [3.05, 3.63) is 64.2 Å². The van der Waals surface area contributed by atoms with Crippen LogP contribution < -0.4 is 10.1 Å². The van der Waals surface area contributed by atoms with E-state index in [0.717, 1.165) is 43.8 Å². The Balaban J connectivity index is 0.00000314. The second-order valence-corrected chi connectivity index (χ2v) is 16.5. The maximum absolute atomic E-state index is 13.4. The van der Waals surface area contributed by atoms with Crippen LogP contribution in [0.4, 0.5) is 0 Å². The summed E-state index contributed by atoms with van der Waals surface area (Å²) in [4.78, 5) is 67.1. The Morgan fingerprint density at radius 3 is 2.25 bits per heavy atom. The van der Waals surface area contributed by atoms with Crippen LogP contribution in [-0.4, -0.2) is 71.0 Å². The fourth-order valence-corrected chi connectivity index (χ4v) is 9.51. The van der Waals surface area contributed by atoms with E-state index in [1.165, 1.54) is 5.56 Å². The third-order valence-corrected chi connectivity index (χ3v) is 12.4. The fraction of sp³-hybridized carbons (Fsp3) is 0.571. The largest absolute Gasteiger partial charge is 0.489 e. The first kappa shape index (κ1) is 41.7. The molecule has 1 aliphatic carbocycles. The molecule has 2 aromatic rings. The Morgan fingerprint density at radius 2 is 1.64 bits per heavy atom. The van der Waals surface area contributed by atoms with Gasteiger partial charge in [-0.1, -0.05) is 78.4 Å². The first-order valence-corrected chi connectivity index (χ1v) is 18.4. The lowest BCUT2D eigenvalue weighted by atomic mass is 9.44. The Bertz CT molecular complexity index is 1760. The highest BCUT2D eigenvalue weighted by molar-refractivity contribution is 6.31. The van der Waals surface area contributed by atoms with Crippen LogP contribution in [-0.2, 0) is 25.6 Å². The highest BCUT2D eigenvalue weighted by Crippen LogP contribution is 2.61. The molecule has 3 saturated heterocycles. The van der Waals surface area contributed by atoms with Crippen LogP contribution in [0.2, 0.25) is 5.02 Å². The topological polar surface area (TPSA) is 137 Å². The van der Waals surface area contributed by atoms with Gasteiger partial charge < -0.3 is 9.64 Å². The van der Waals surface area contributed by atoms with Crippen LogP contribution in [0.25, 0.3) is 0 Å². The first-order valence-electron chi connectivity index (χ1n) is 18.1. The fourth-order valence-electron chi connectivity index (χ4n) is 9.30. The molecule has 286 valence electrons. The van der Waals surface area contributed by atoms with Crippen molar-refractivity contribution in [3.8, 4) is 11.8 Å². The second-order valence-electron chi connectivity index (χ2n) is 16.1. The summed E-state index contributed by atoms with van der Waals surface area (Å²) in [5.74, 6) is -0.625. The van der Waals surface area contributed by atoms with Crippen LogP contribution in [0, 0.1) is 33.5 Å². The van der Waals surface area contributed by atoms with Crippen LogP contribution in [0.15, 0.2) is 42.5 Å². The number of halogens is 1. The molecule has 3 aliphatic heterocycles. The number of rotatable bonds is 11. The van der Waals surface area contributed by atoms with E-state index in [1.807, 2.05) is 24.3 Å². The summed E-state index contributed by atoms with van der Waals surface area (Å²) in [7, 11) is 0. The number of imide groups is 2. The van der Waals surface area contributed by atoms with Crippen molar-refractivity contribution in [2.24, 2.45) is 22.2 Å². The van der Waals surface area contributed by atoms with E-state index in [4.69, 9.17) is 16.3 Å². The van der Waals surface area contributed by atoms with Crippen molar-refractivity contribution in [2.45, 2.75) is 112 Å². The van der Waals surface area contributed by atoms with E-state index in [2.05, 4.69) is 44.0 Å². The number of likely N-dealkylation sites (tertiary alicyclic amines) is 2. The van der Waals surface area contributed by atoms with E-state index in [-0.39, 0.29) is 80.5 Å². The van der Waals surface area contributed by atoms with Crippen LogP contribution in [0.3, 0.4) is 0 Å². The van der Waals surface area contributed by atoms with Crippen molar-refractivity contribution >= 4 is 41.0 Å². The number of nitrogens with one attached hydrogen (secondary N) is 1. The predicted molar refractivity (Wildman–Crippen MR) is 204 cm³/mol. The summed E-state index contributed by atoms with van der Waals surface area (Å²) < 4.78 is 6.38. The average Bonchev–Trinajstić information content (AvgIpc) is 3.33. The number of nitrogens with zero attached hydrogens (tertiary/aromatic N) is 3. The molecule has 3 heterocycles. The molecule has 4 fully saturated rings. The zero-order valence-corrected chi connectivity index (χ0v) is 30.7. The molecular weight excluding hydrogens is 692 g/mol. The van der Waals surface area contributed by atoms with Gasteiger partial charge in [-0.15, -0.1) is 0 Å². The lowest BCUT2D eigenvalue weighted by Crippen LogP contribution is -2.66. The third-order valence-electron chi connectivity index (χ3n) is 12.1. The van der Waals surface area contributed by atoms with Gasteiger partial charge in [-0.3, -0.25) is 34.2 Å². The molecule has 0 aromatic heterocycles. The smallest absolute Gasteiger partial charge is 0.249 e. The number of amides is 4. The molecule has 1 saturated carbocycles. The number of carbonyl (C=O) groups is 5. The van der Waals surface area contributed by atoms with Gasteiger partial charge in [-0.2, -0.15) is 5.26 Å². The number of carbonyl (C=O) groups excluding carboxylic acids is 5. The summed E-state index contributed by atoms with van der Waals surface area (Å²) in [5.41, 5.74) is 1.08. The Hall–Kier alpha value is -4.07. The van der Waals surface area contributed by atoms with Crippen LogP contribution in [0.1, 0.15) is 115 Å². The van der Waals surface area contributed by atoms with Gasteiger partial charge >= 0.3 is 0 Å². The van der Waals surface area contributed by atoms with Crippen molar-refractivity contribution in [1.29, 1.82) is 5.26 Å². The van der Waals surface area contributed by atoms with E-state index in [9.17, 15) is 29.2 Å². The Morgan fingerprint density at radius 1 is 0.981 bits per heavy atom. The first-order chi connectivity index (χ1) is 24.2. The molecule has 53 heavy (non-hydrogen) atoms. The lowest BCUT2D eigenvalue weighted by molar-refractivity contribution is -0.196. The zero-order valence-electron chi connectivity index (χ0n) is 29.9. The summed E-state index contributed by atoms with van der Waals surface area (Å²) in [6.07, 6.45) is 4.83. The molecule has 6 rings (SSSR count). The molecule has 11 heteroatoms. The van der Waals surface area contributed by atoms with Gasteiger partial charge in [0.1, 0.15) is 24.0 Å². The number of unbranched alkanes of at least 4 members (excludes halogenated alkanes) is 1. The third kappa shape index (κ3) is 8.07. The number of hydrogen-bond acceptors (Lipinski definition) is 8. The summed E-state index contributed by atoms with van der Waals surface area (Å²) >= 11 is 6.23. The average molecular weight is 747 g/mol. The summed E-state index contributed by atoms with van der Waals surface area (Å²) in [5, 5.41) is 11.8. The minimum atomic E-state index is -0.884. The quantitative estimate of drug-likeness (QED) is 0.145. The molecule has 2 aromatic carbocycles. The van der Waals surface area contributed by atoms with Crippen molar-refractivity contribution in [3.63, 3.8) is 0 Å². The molecule has 1 unspecified atom stereocenters. The van der Waals surface area contributed by atoms with Crippen molar-refractivity contribution in [1.82, 2.24) is 15.1 Å². The molecule has 0 bridgehead atoms. The summed E-state index contributed by atoms with van der Waals surface area (Å²) in [6.45, 7) is 10.9. The van der Waals surface area contributed by atoms with Crippen molar-refractivity contribution < 1.29 is 28.7 Å². The minimum Gasteiger partial charge on any atom is -0.489 e. The van der Waals surface area contributed by atoms with E-state index in [0.29, 0.717) is 41.2 Å². The van der Waals surface area contributed by atoms with E-state index >= 15 is 0 Å². The van der Waals surface area contributed by atoms with Gasteiger partial charge in [0.2, 0.25) is 23.6 Å². The van der Waals surface area contributed by atoms with Gasteiger partial charge in [-0.25, -0.2) is 0 Å². The lowest BCUT2D eigenvalue weighted by Gasteiger charge is -2.63. The Kier molecular flexibility index (Phi) is 12.7. The van der Waals surface area contributed by atoms with Gasteiger partial charge in [0, 0.05) is 41.7 Å². The highest BCUT2D eigenvalue weighted by Gasteiger charge is 2.63. The molecule has 4 aliphatic rings. The normalized spacial score (nSPS) is 24.4. The number of aryl methyl sites for hydroxylation is 1. The van der Waals surface area contributed by atoms with E-state index < -0.39 is 17.4 Å². The van der Waals surface area contributed by atoms with Crippen molar-refractivity contribution in [2.75, 3.05) is 19.6 Å². The Labute approximate surface area is 319 Å². The maximum atomic E-state index is 13.4.